The van der Waals surface area contributed by atoms with Crippen LogP contribution in [0.15, 0.2) is 48.5 Å². The SMILES string of the molecule is Cc1cccc(OCCNC(=O)NCc2ccc(CN3CCOCC3)cc2)c1. The number of nitrogens with one attached hydrogen (secondary N) is 2. The third kappa shape index (κ3) is 6.87. The van der Waals surface area contributed by atoms with E-state index in [-0.39, 0.29) is 6.03 Å². The van der Waals surface area contributed by atoms with E-state index in [1.54, 1.807) is 0 Å². The number of urea groups is 1. The van der Waals surface area contributed by atoms with Gasteiger partial charge in [-0.3, -0.25) is 4.90 Å². The van der Waals surface area contributed by atoms with Crippen molar-refractivity contribution in [1.82, 2.24) is 15.5 Å². The largest absolute Gasteiger partial charge is 0.492 e. The minimum Gasteiger partial charge on any atom is -0.492 e. The van der Waals surface area contributed by atoms with Gasteiger partial charge < -0.3 is 20.1 Å². The van der Waals surface area contributed by atoms with Crippen molar-refractivity contribution in [1.29, 1.82) is 0 Å². The van der Waals surface area contributed by atoms with E-state index in [0.29, 0.717) is 19.7 Å². The molecule has 1 heterocycles. The third-order valence-electron chi connectivity index (χ3n) is 4.63. The third-order valence-corrected chi connectivity index (χ3v) is 4.63. The molecular weight excluding hydrogens is 354 g/mol. The molecule has 0 radical (unpaired) electrons. The summed E-state index contributed by atoms with van der Waals surface area (Å²) in [5, 5.41) is 5.68. The van der Waals surface area contributed by atoms with Crippen molar-refractivity contribution in [3.05, 3.63) is 65.2 Å². The first kappa shape index (κ1) is 20.2. The predicted molar refractivity (Wildman–Crippen MR) is 109 cm³/mol. The minimum atomic E-state index is -0.190. The summed E-state index contributed by atoms with van der Waals surface area (Å²) >= 11 is 0. The lowest BCUT2D eigenvalue weighted by Gasteiger charge is -2.26. The summed E-state index contributed by atoms with van der Waals surface area (Å²) in [6, 6.07) is 16.1. The monoisotopic (exact) mass is 383 g/mol. The Labute approximate surface area is 166 Å². The maximum absolute atomic E-state index is 11.9. The molecule has 0 unspecified atom stereocenters. The summed E-state index contributed by atoms with van der Waals surface area (Å²) in [5.74, 6) is 0.819. The van der Waals surface area contributed by atoms with E-state index in [1.807, 2.05) is 31.2 Å². The fourth-order valence-corrected chi connectivity index (χ4v) is 3.06. The summed E-state index contributed by atoms with van der Waals surface area (Å²) in [5.41, 5.74) is 3.51. The molecule has 0 atom stereocenters. The van der Waals surface area contributed by atoms with Gasteiger partial charge in [0.1, 0.15) is 12.4 Å². The number of carbonyl (C=O) groups excluding carboxylic acids is 1. The van der Waals surface area contributed by atoms with Gasteiger partial charge in [-0.25, -0.2) is 4.79 Å². The standard InChI is InChI=1S/C22H29N3O3/c1-18-3-2-4-21(15-18)28-12-9-23-22(26)24-16-19-5-7-20(8-6-19)17-25-10-13-27-14-11-25/h2-8,15H,9-14,16-17H2,1H3,(H2,23,24,26). The Morgan fingerprint density at radius 3 is 2.57 bits per heavy atom. The second-order valence-electron chi connectivity index (χ2n) is 6.98. The van der Waals surface area contributed by atoms with Crippen LogP contribution in [0.3, 0.4) is 0 Å². The quantitative estimate of drug-likeness (QED) is 0.688. The van der Waals surface area contributed by atoms with Crippen LogP contribution in [0.5, 0.6) is 5.75 Å². The molecule has 0 aliphatic carbocycles. The number of hydrogen-bond donors (Lipinski definition) is 2. The highest BCUT2D eigenvalue weighted by Crippen LogP contribution is 2.12. The van der Waals surface area contributed by atoms with Gasteiger partial charge in [0, 0.05) is 26.2 Å². The van der Waals surface area contributed by atoms with E-state index in [1.165, 1.54) is 5.56 Å². The van der Waals surface area contributed by atoms with E-state index in [0.717, 1.165) is 49.7 Å². The number of nitrogens with zero attached hydrogens (tertiary/aromatic N) is 1. The molecule has 1 aliphatic heterocycles. The highest BCUT2D eigenvalue weighted by atomic mass is 16.5. The number of hydrogen-bond acceptors (Lipinski definition) is 4. The van der Waals surface area contributed by atoms with Gasteiger partial charge in [0.15, 0.2) is 0 Å². The number of morpholine rings is 1. The molecule has 0 bridgehead atoms. The molecule has 2 amide bonds. The highest BCUT2D eigenvalue weighted by Gasteiger charge is 2.10. The second kappa shape index (κ2) is 10.7. The van der Waals surface area contributed by atoms with Crippen LogP contribution in [-0.4, -0.2) is 50.4 Å². The summed E-state index contributed by atoms with van der Waals surface area (Å²) in [4.78, 5) is 14.3. The van der Waals surface area contributed by atoms with Gasteiger partial charge in [0.25, 0.3) is 0 Å². The molecule has 6 heteroatoms. The molecular formula is C22H29N3O3. The predicted octanol–water partition coefficient (Wildman–Crippen LogP) is 2.71. The summed E-state index contributed by atoms with van der Waals surface area (Å²) in [6.45, 7) is 7.95. The zero-order valence-electron chi connectivity index (χ0n) is 16.4. The van der Waals surface area contributed by atoms with Gasteiger partial charge >= 0.3 is 6.03 Å². The van der Waals surface area contributed by atoms with Gasteiger partial charge in [-0.05, 0) is 35.7 Å². The average molecular weight is 383 g/mol. The lowest BCUT2D eigenvalue weighted by Crippen LogP contribution is -2.37. The molecule has 0 aromatic heterocycles. The Morgan fingerprint density at radius 1 is 1.07 bits per heavy atom. The summed E-state index contributed by atoms with van der Waals surface area (Å²) < 4.78 is 11.0. The van der Waals surface area contributed by atoms with Gasteiger partial charge in [-0.15, -0.1) is 0 Å². The molecule has 1 fully saturated rings. The van der Waals surface area contributed by atoms with Crippen LogP contribution >= 0.6 is 0 Å². The van der Waals surface area contributed by atoms with Gasteiger partial charge in [0.2, 0.25) is 0 Å². The summed E-state index contributed by atoms with van der Waals surface area (Å²) in [7, 11) is 0. The highest BCUT2D eigenvalue weighted by molar-refractivity contribution is 5.73. The maximum atomic E-state index is 11.9. The normalized spacial score (nSPS) is 14.5. The van der Waals surface area contributed by atoms with Gasteiger partial charge in [-0.1, -0.05) is 36.4 Å². The average Bonchev–Trinajstić information content (AvgIpc) is 2.72. The van der Waals surface area contributed by atoms with Crippen molar-refractivity contribution < 1.29 is 14.3 Å². The maximum Gasteiger partial charge on any atom is 0.315 e. The zero-order valence-corrected chi connectivity index (χ0v) is 16.4. The molecule has 6 nitrogen and oxygen atoms in total. The van der Waals surface area contributed by atoms with E-state index in [4.69, 9.17) is 9.47 Å². The number of carbonyl (C=O) groups is 1. The van der Waals surface area contributed by atoms with Crippen molar-refractivity contribution in [3.8, 4) is 5.75 Å². The number of aryl methyl sites for hydroxylation is 1. The van der Waals surface area contributed by atoms with Crippen molar-refractivity contribution in [3.63, 3.8) is 0 Å². The molecule has 2 aromatic carbocycles. The lowest BCUT2D eigenvalue weighted by molar-refractivity contribution is 0.0342. The van der Waals surface area contributed by atoms with E-state index in [2.05, 4.69) is 39.8 Å². The van der Waals surface area contributed by atoms with Crippen LogP contribution in [0.4, 0.5) is 4.79 Å². The first-order valence-corrected chi connectivity index (χ1v) is 9.78. The van der Waals surface area contributed by atoms with E-state index < -0.39 is 0 Å². The Bertz CT molecular complexity index is 743. The number of benzene rings is 2. The van der Waals surface area contributed by atoms with Crippen LogP contribution in [-0.2, 0) is 17.8 Å². The molecule has 28 heavy (non-hydrogen) atoms. The zero-order chi connectivity index (χ0) is 19.6. The smallest absolute Gasteiger partial charge is 0.315 e. The lowest BCUT2D eigenvalue weighted by atomic mass is 10.1. The number of amides is 2. The fraction of sp³-hybridized carbons (Fsp3) is 0.409. The molecule has 150 valence electrons. The molecule has 0 saturated carbocycles. The Hall–Kier alpha value is -2.57. The Kier molecular flexibility index (Phi) is 7.70. The van der Waals surface area contributed by atoms with Crippen LogP contribution in [0.2, 0.25) is 0 Å². The fourth-order valence-electron chi connectivity index (χ4n) is 3.06. The first-order valence-electron chi connectivity index (χ1n) is 9.78. The van der Waals surface area contributed by atoms with Crippen molar-refractivity contribution in [2.75, 3.05) is 39.5 Å². The minimum absolute atomic E-state index is 0.190. The van der Waals surface area contributed by atoms with Crippen LogP contribution < -0.4 is 15.4 Å². The van der Waals surface area contributed by atoms with Crippen LogP contribution in [0.25, 0.3) is 0 Å². The first-order chi connectivity index (χ1) is 13.7. The molecule has 3 rings (SSSR count). The Balaban J connectivity index is 1.31. The molecule has 2 N–H and O–H groups in total. The molecule has 1 aliphatic rings. The van der Waals surface area contributed by atoms with Gasteiger partial charge in [0.05, 0.1) is 19.8 Å². The van der Waals surface area contributed by atoms with Crippen molar-refractivity contribution in [2.45, 2.75) is 20.0 Å². The molecule has 2 aromatic rings. The Morgan fingerprint density at radius 2 is 1.82 bits per heavy atom. The van der Waals surface area contributed by atoms with Crippen LogP contribution in [0.1, 0.15) is 16.7 Å². The van der Waals surface area contributed by atoms with Crippen molar-refractivity contribution >= 4 is 6.03 Å². The topological polar surface area (TPSA) is 62.8 Å². The molecule has 1 saturated heterocycles. The number of ether oxygens (including phenoxy) is 2. The van der Waals surface area contributed by atoms with E-state index in [9.17, 15) is 4.79 Å². The molecule has 0 spiro atoms. The number of rotatable bonds is 8. The van der Waals surface area contributed by atoms with Crippen LogP contribution in [0, 0.1) is 6.92 Å². The summed E-state index contributed by atoms with van der Waals surface area (Å²) in [6.07, 6.45) is 0. The van der Waals surface area contributed by atoms with Gasteiger partial charge in [-0.2, -0.15) is 0 Å². The second-order valence-corrected chi connectivity index (χ2v) is 6.98. The van der Waals surface area contributed by atoms with E-state index >= 15 is 0 Å². The van der Waals surface area contributed by atoms with Crippen molar-refractivity contribution in [2.24, 2.45) is 0 Å².